The number of piperazine rings is 1. The smallest absolute Gasteiger partial charge is 0.255 e. The van der Waals surface area contributed by atoms with Gasteiger partial charge < -0.3 is 4.90 Å². The monoisotopic (exact) mass is 376 g/mol. The molecule has 7 heteroatoms. The molecule has 0 saturated carbocycles. The van der Waals surface area contributed by atoms with Gasteiger partial charge in [-0.25, -0.2) is 8.42 Å². The summed E-state index contributed by atoms with van der Waals surface area (Å²) in [7, 11) is -3.52. The van der Waals surface area contributed by atoms with E-state index in [2.05, 4.69) is 12.6 Å². The Bertz CT molecular complexity index is 871. The molecule has 1 amide bonds. The molecule has 1 saturated heterocycles. The molecule has 5 nitrogen and oxygen atoms in total. The van der Waals surface area contributed by atoms with Gasteiger partial charge in [-0.2, -0.15) is 4.31 Å². The highest BCUT2D eigenvalue weighted by Crippen LogP contribution is 2.20. The number of carbonyl (C=O) groups is 1. The summed E-state index contributed by atoms with van der Waals surface area (Å²) < 4.78 is 26.9. The second-order valence-corrected chi connectivity index (χ2v) is 8.45. The topological polar surface area (TPSA) is 57.7 Å². The molecular weight excluding hydrogens is 356 g/mol. The van der Waals surface area contributed by atoms with Crippen molar-refractivity contribution in [3.63, 3.8) is 0 Å². The van der Waals surface area contributed by atoms with Crippen molar-refractivity contribution in [2.45, 2.75) is 16.7 Å². The Balaban J connectivity index is 1.70. The fourth-order valence-electron chi connectivity index (χ4n) is 2.82. The molecule has 2 aromatic rings. The Morgan fingerprint density at radius 3 is 2.16 bits per heavy atom. The van der Waals surface area contributed by atoms with Gasteiger partial charge in [0.25, 0.3) is 5.91 Å². The van der Waals surface area contributed by atoms with E-state index in [9.17, 15) is 13.2 Å². The number of aryl methyl sites for hydroxylation is 1. The molecule has 0 spiro atoms. The number of carbonyl (C=O) groups excluding carboxylic acids is 1. The van der Waals surface area contributed by atoms with Crippen molar-refractivity contribution in [2.24, 2.45) is 0 Å². The largest absolute Gasteiger partial charge is 0.336 e. The first-order valence-corrected chi connectivity index (χ1v) is 9.92. The number of hydrogen-bond donors (Lipinski definition) is 1. The Hall–Kier alpha value is -1.83. The Morgan fingerprint density at radius 2 is 1.56 bits per heavy atom. The average Bonchev–Trinajstić information content (AvgIpc) is 2.62. The quantitative estimate of drug-likeness (QED) is 0.837. The molecule has 0 radical (unpaired) electrons. The van der Waals surface area contributed by atoms with Crippen LogP contribution < -0.4 is 0 Å². The SMILES string of the molecule is Cc1ccc(S(=O)(=O)N2CCN(C(=O)c3ccccc3S)CC2)cc1. The van der Waals surface area contributed by atoms with Gasteiger partial charge in [0, 0.05) is 31.1 Å². The van der Waals surface area contributed by atoms with Gasteiger partial charge in [-0.05, 0) is 31.2 Å². The molecule has 1 aliphatic heterocycles. The molecule has 132 valence electrons. The van der Waals surface area contributed by atoms with Crippen LogP contribution in [-0.4, -0.2) is 49.7 Å². The van der Waals surface area contributed by atoms with Crippen LogP contribution in [0.15, 0.2) is 58.3 Å². The maximum atomic E-state index is 12.7. The van der Waals surface area contributed by atoms with Gasteiger partial charge in [0.2, 0.25) is 10.0 Å². The molecule has 0 atom stereocenters. The lowest BCUT2D eigenvalue weighted by atomic mass is 10.2. The van der Waals surface area contributed by atoms with Crippen molar-refractivity contribution in [3.05, 3.63) is 59.7 Å². The summed E-state index contributed by atoms with van der Waals surface area (Å²) in [4.78, 5) is 15.2. The maximum Gasteiger partial charge on any atom is 0.255 e. The van der Waals surface area contributed by atoms with E-state index in [0.29, 0.717) is 28.4 Å². The molecule has 1 heterocycles. The van der Waals surface area contributed by atoms with Crippen LogP contribution in [0.2, 0.25) is 0 Å². The first kappa shape index (κ1) is 18.0. The van der Waals surface area contributed by atoms with Crippen molar-refractivity contribution >= 4 is 28.6 Å². The molecular formula is C18H20N2O3S2. The van der Waals surface area contributed by atoms with E-state index in [-0.39, 0.29) is 19.0 Å². The van der Waals surface area contributed by atoms with E-state index in [0.717, 1.165) is 5.56 Å². The Morgan fingerprint density at radius 1 is 0.960 bits per heavy atom. The minimum Gasteiger partial charge on any atom is -0.336 e. The molecule has 0 bridgehead atoms. The summed E-state index contributed by atoms with van der Waals surface area (Å²) in [6.07, 6.45) is 0. The average molecular weight is 377 g/mol. The summed E-state index contributed by atoms with van der Waals surface area (Å²) in [6, 6.07) is 14.0. The summed E-state index contributed by atoms with van der Waals surface area (Å²) in [5, 5.41) is 0. The van der Waals surface area contributed by atoms with Gasteiger partial charge in [0.05, 0.1) is 10.5 Å². The van der Waals surface area contributed by atoms with E-state index >= 15 is 0 Å². The van der Waals surface area contributed by atoms with E-state index in [1.165, 1.54) is 4.31 Å². The van der Waals surface area contributed by atoms with Crippen molar-refractivity contribution in [2.75, 3.05) is 26.2 Å². The molecule has 0 aliphatic carbocycles. The number of amides is 1. The highest BCUT2D eigenvalue weighted by atomic mass is 32.2. The zero-order valence-electron chi connectivity index (χ0n) is 13.9. The predicted octanol–water partition coefficient (Wildman–Crippen LogP) is 2.43. The molecule has 0 aromatic heterocycles. The zero-order chi connectivity index (χ0) is 18.0. The first-order valence-electron chi connectivity index (χ1n) is 8.03. The third-order valence-electron chi connectivity index (χ3n) is 4.32. The molecule has 0 unspecified atom stereocenters. The van der Waals surface area contributed by atoms with Crippen LogP contribution in [0.1, 0.15) is 15.9 Å². The molecule has 0 N–H and O–H groups in total. The van der Waals surface area contributed by atoms with E-state index in [4.69, 9.17) is 0 Å². The van der Waals surface area contributed by atoms with Gasteiger partial charge in [0.15, 0.2) is 0 Å². The second kappa shape index (κ2) is 7.19. The van der Waals surface area contributed by atoms with Crippen molar-refractivity contribution < 1.29 is 13.2 Å². The molecule has 1 fully saturated rings. The number of rotatable bonds is 3. The number of thiol groups is 1. The number of benzene rings is 2. The molecule has 25 heavy (non-hydrogen) atoms. The van der Waals surface area contributed by atoms with Crippen LogP contribution in [-0.2, 0) is 10.0 Å². The minimum atomic E-state index is -3.52. The maximum absolute atomic E-state index is 12.7. The van der Waals surface area contributed by atoms with Crippen molar-refractivity contribution in [1.29, 1.82) is 0 Å². The van der Waals surface area contributed by atoms with Crippen LogP contribution in [0.4, 0.5) is 0 Å². The summed E-state index contributed by atoms with van der Waals surface area (Å²) in [6.45, 7) is 3.23. The summed E-state index contributed by atoms with van der Waals surface area (Å²) in [5.41, 5.74) is 1.56. The normalized spacial score (nSPS) is 16.0. The van der Waals surface area contributed by atoms with Crippen molar-refractivity contribution in [1.82, 2.24) is 9.21 Å². The number of hydrogen-bond acceptors (Lipinski definition) is 4. The third-order valence-corrected chi connectivity index (χ3v) is 6.62. The fourth-order valence-corrected chi connectivity index (χ4v) is 4.49. The lowest BCUT2D eigenvalue weighted by Gasteiger charge is -2.34. The highest BCUT2D eigenvalue weighted by molar-refractivity contribution is 7.89. The van der Waals surface area contributed by atoms with Crippen LogP contribution in [0.5, 0.6) is 0 Å². The molecule has 2 aromatic carbocycles. The minimum absolute atomic E-state index is 0.113. The van der Waals surface area contributed by atoms with E-state index in [1.807, 2.05) is 13.0 Å². The van der Waals surface area contributed by atoms with Gasteiger partial charge in [-0.1, -0.05) is 29.8 Å². The van der Waals surface area contributed by atoms with Gasteiger partial charge in [-0.3, -0.25) is 4.79 Å². The first-order chi connectivity index (χ1) is 11.9. The summed E-state index contributed by atoms with van der Waals surface area (Å²) >= 11 is 4.32. The third kappa shape index (κ3) is 3.73. The van der Waals surface area contributed by atoms with Crippen LogP contribution in [0.3, 0.4) is 0 Å². The summed E-state index contributed by atoms with van der Waals surface area (Å²) in [5.74, 6) is -0.113. The predicted molar refractivity (Wildman–Crippen MR) is 99.5 cm³/mol. The fraction of sp³-hybridized carbons (Fsp3) is 0.278. The van der Waals surface area contributed by atoms with E-state index in [1.54, 1.807) is 47.4 Å². The van der Waals surface area contributed by atoms with Crippen LogP contribution >= 0.6 is 12.6 Å². The Kier molecular flexibility index (Phi) is 5.17. The number of sulfonamides is 1. The standard InChI is InChI=1S/C18H20N2O3S2/c1-14-6-8-15(9-7-14)25(22,23)20-12-10-19(11-13-20)18(21)16-4-2-3-5-17(16)24/h2-9,24H,10-13H2,1H3. The second-order valence-electron chi connectivity index (χ2n) is 6.03. The van der Waals surface area contributed by atoms with Crippen molar-refractivity contribution in [3.8, 4) is 0 Å². The molecule has 3 rings (SSSR count). The molecule has 1 aliphatic rings. The number of nitrogens with zero attached hydrogens (tertiary/aromatic N) is 2. The van der Waals surface area contributed by atoms with Crippen LogP contribution in [0, 0.1) is 6.92 Å². The van der Waals surface area contributed by atoms with Crippen LogP contribution in [0.25, 0.3) is 0 Å². The van der Waals surface area contributed by atoms with Gasteiger partial charge in [0.1, 0.15) is 0 Å². The van der Waals surface area contributed by atoms with Gasteiger partial charge >= 0.3 is 0 Å². The lowest BCUT2D eigenvalue weighted by molar-refractivity contribution is 0.0694. The van der Waals surface area contributed by atoms with Gasteiger partial charge in [-0.15, -0.1) is 12.6 Å². The lowest BCUT2D eigenvalue weighted by Crippen LogP contribution is -2.50. The Labute approximate surface area is 153 Å². The highest BCUT2D eigenvalue weighted by Gasteiger charge is 2.30. The zero-order valence-corrected chi connectivity index (χ0v) is 15.6. The van der Waals surface area contributed by atoms with E-state index < -0.39 is 10.0 Å².